The summed E-state index contributed by atoms with van der Waals surface area (Å²) < 4.78 is 0. The third kappa shape index (κ3) is 24.4. The maximum absolute atomic E-state index is 10.0. The molecule has 0 saturated carbocycles. The second-order valence-electron chi connectivity index (χ2n) is 4.79. The fourth-order valence-corrected chi connectivity index (χ4v) is 1.50. The Morgan fingerprint density at radius 2 is 1.45 bits per heavy atom. The van der Waals surface area contributed by atoms with E-state index in [-0.39, 0.29) is 36.0 Å². The molecule has 1 unspecified atom stereocenters. The average Bonchev–Trinajstić information content (AvgIpc) is 2.37. The number of carboxylic acids is 3. The van der Waals surface area contributed by atoms with E-state index >= 15 is 0 Å². The monoisotopic (exact) mass is 327 g/mol. The van der Waals surface area contributed by atoms with E-state index in [0.29, 0.717) is 0 Å². The first-order valence-corrected chi connectivity index (χ1v) is 7.21. The average molecular weight is 327 g/mol. The van der Waals surface area contributed by atoms with Crippen LogP contribution in [0.15, 0.2) is 0 Å². The Bertz CT molecular complexity index is 312. The molecule has 0 bridgehead atoms. The Kier molecular flexibility index (Phi) is 22.0. The predicted octanol–water partition coefficient (Wildman–Crippen LogP) is -2.25. The van der Waals surface area contributed by atoms with Crippen LogP contribution >= 0.6 is 0 Å². The zero-order chi connectivity index (χ0) is 16.7. The van der Waals surface area contributed by atoms with Crippen molar-refractivity contribution in [2.24, 2.45) is 5.73 Å². The van der Waals surface area contributed by atoms with Crippen LogP contribution in [0, 0.1) is 0 Å². The van der Waals surface area contributed by atoms with Crippen molar-refractivity contribution in [2.45, 2.75) is 70.8 Å². The van der Waals surface area contributed by atoms with Crippen molar-refractivity contribution in [2.75, 3.05) is 0 Å². The number of carbonyl (C=O) groups is 3. The summed E-state index contributed by atoms with van der Waals surface area (Å²) in [7, 11) is 0. The Balaban J connectivity index is -0.000000326. The molecule has 8 heteroatoms. The third-order valence-corrected chi connectivity index (χ3v) is 2.70. The van der Waals surface area contributed by atoms with Gasteiger partial charge in [0.15, 0.2) is 0 Å². The van der Waals surface area contributed by atoms with Gasteiger partial charge < -0.3 is 25.8 Å². The van der Waals surface area contributed by atoms with Crippen LogP contribution in [0.1, 0.15) is 64.7 Å². The molecule has 0 aromatic carbocycles. The van der Waals surface area contributed by atoms with Crippen LogP contribution in [0.4, 0.5) is 0 Å². The summed E-state index contributed by atoms with van der Waals surface area (Å²) in [6.45, 7) is 2.19. The maximum atomic E-state index is 10.0. The molecule has 0 aliphatic heterocycles. The number of unbranched alkanes of at least 4 members (excludes halogenated alkanes) is 6. The molecule has 22 heavy (non-hydrogen) atoms. The molecule has 0 aliphatic rings. The molecule has 7 nitrogen and oxygen atoms in total. The van der Waals surface area contributed by atoms with Crippen LogP contribution in [0.5, 0.6) is 0 Å². The molecule has 0 heterocycles. The minimum atomic E-state index is -1.29. The van der Waals surface area contributed by atoms with Crippen LogP contribution in [0.2, 0.25) is 0 Å². The quantitative estimate of drug-likeness (QED) is 0.288. The second kappa shape index (κ2) is 18.4. The van der Waals surface area contributed by atoms with E-state index in [0.717, 1.165) is 12.8 Å². The van der Waals surface area contributed by atoms with E-state index in [4.69, 9.17) is 15.9 Å². The molecule has 0 amide bonds. The van der Waals surface area contributed by atoms with Gasteiger partial charge in [0.05, 0.1) is 6.42 Å². The maximum Gasteiger partial charge on any atom is 1.00 e. The zero-order valence-corrected chi connectivity index (χ0v) is 15.5. The summed E-state index contributed by atoms with van der Waals surface area (Å²) in [5.41, 5.74) is 4.84. The summed E-state index contributed by atoms with van der Waals surface area (Å²) in [6.07, 6.45) is 7.81. The van der Waals surface area contributed by atoms with E-state index in [9.17, 15) is 19.5 Å². The largest absolute Gasteiger partial charge is 1.00 e. The fourth-order valence-electron chi connectivity index (χ4n) is 1.50. The van der Waals surface area contributed by atoms with E-state index in [2.05, 4.69) is 6.92 Å². The standard InChI is InChI=1S/C10H20O2.C4H7NO4.Na/c1-2-3-4-5-6-7-8-9-10(11)12;5-2(4(8)9)1-3(6)7;/h2-9H2,1H3,(H,11,12);2H,1,5H2,(H,6,7)(H,8,9);/q;;+1/p-1. The first-order valence-electron chi connectivity index (χ1n) is 7.21. The Morgan fingerprint density at radius 1 is 1.00 bits per heavy atom. The zero-order valence-electron chi connectivity index (χ0n) is 13.5. The molecule has 4 N–H and O–H groups in total. The summed E-state index contributed by atoms with van der Waals surface area (Å²) in [5, 5.41) is 26.1. The number of aliphatic carboxylic acids is 3. The summed E-state index contributed by atoms with van der Waals surface area (Å²) in [6, 6.07) is -1.29. The van der Waals surface area contributed by atoms with Crippen molar-refractivity contribution in [1.29, 1.82) is 0 Å². The SMILES string of the molecule is CCCCCCCCCC(=O)[O-].NC(CC(=O)O)C(=O)O.[Na+]. The molecule has 0 spiro atoms. The second-order valence-corrected chi connectivity index (χ2v) is 4.79. The van der Waals surface area contributed by atoms with Gasteiger partial charge in [0.25, 0.3) is 0 Å². The molecule has 0 aromatic rings. The number of hydrogen-bond donors (Lipinski definition) is 3. The number of hydrogen-bond acceptors (Lipinski definition) is 5. The Labute approximate surface area is 153 Å². The van der Waals surface area contributed by atoms with Crippen LogP contribution in [0.25, 0.3) is 0 Å². The normalized spacial score (nSPS) is 10.6. The smallest absolute Gasteiger partial charge is 0.550 e. The van der Waals surface area contributed by atoms with E-state index < -0.39 is 30.4 Å². The van der Waals surface area contributed by atoms with E-state index in [1.165, 1.54) is 32.1 Å². The fraction of sp³-hybridized carbons (Fsp3) is 0.786. The molecule has 1 atom stereocenters. The first kappa shape index (κ1) is 26.3. The topological polar surface area (TPSA) is 141 Å². The van der Waals surface area contributed by atoms with Gasteiger partial charge in [0, 0.05) is 5.97 Å². The first-order chi connectivity index (χ1) is 9.81. The van der Waals surface area contributed by atoms with Crippen molar-refractivity contribution < 1.29 is 59.3 Å². The van der Waals surface area contributed by atoms with Gasteiger partial charge in [0.2, 0.25) is 0 Å². The molecule has 0 aromatic heterocycles. The molecule has 0 aliphatic carbocycles. The van der Waals surface area contributed by atoms with Crippen LogP contribution < -0.4 is 40.4 Å². The van der Waals surface area contributed by atoms with E-state index in [1.807, 2.05) is 0 Å². The van der Waals surface area contributed by atoms with Crippen molar-refractivity contribution in [3.63, 3.8) is 0 Å². The summed E-state index contributed by atoms with van der Waals surface area (Å²) in [4.78, 5) is 29.6. The van der Waals surface area contributed by atoms with Crippen molar-refractivity contribution in [1.82, 2.24) is 0 Å². The van der Waals surface area contributed by atoms with Crippen LogP contribution in [-0.4, -0.2) is 34.2 Å². The number of carbonyl (C=O) groups excluding carboxylic acids is 1. The molecule has 124 valence electrons. The van der Waals surface area contributed by atoms with Gasteiger partial charge in [-0.05, 0) is 12.8 Å². The minimum Gasteiger partial charge on any atom is -0.550 e. The Hall–Kier alpha value is -0.630. The molecule has 0 rings (SSSR count). The Morgan fingerprint density at radius 3 is 1.77 bits per heavy atom. The van der Waals surface area contributed by atoms with Crippen molar-refractivity contribution >= 4 is 17.9 Å². The number of rotatable bonds is 11. The molecular weight excluding hydrogens is 301 g/mol. The third-order valence-electron chi connectivity index (χ3n) is 2.70. The van der Waals surface area contributed by atoms with Gasteiger partial charge in [-0.15, -0.1) is 0 Å². The molecule has 0 radical (unpaired) electrons. The summed E-state index contributed by atoms with van der Waals surface area (Å²) in [5.74, 6) is -3.41. The van der Waals surface area contributed by atoms with Crippen molar-refractivity contribution in [3.8, 4) is 0 Å². The predicted molar refractivity (Wildman–Crippen MR) is 75.5 cm³/mol. The van der Waals surface area contributed by atoms with Gasteiger partial charge in [-0.1, -0.05) is 45.4 Å². The van der Waals surface area contributed by atoms with Gasteiger partial charge in [-0.25, -0.2) is 0 Å². The molecule has 0 fully saturated rings. The van der Waals surface area contributed by atoms with Gasteiger partial charge in [-0.3, -0.25) is 9.59 Å². The summed E-state index contributed by atoms with van der Waals surface area (Å²) >= 11 is 0. The van der Waals surface area contributed by atoms with Crippen molar-refractivity contribution in [3.05, 3.63) is 0 Å². The molecular formula is C14H26NNaO6. The van der Waals surface area contributed by atoms with Gasteiger partial charge in [0.1, 0.15) is 6.04 Å². The number of carboxylic acid groups (broad SMARTS) is 3. The van der Waals surface area contributed by atoms with Crippen LogP contribution in [0.3, 0.4) is 0 Å². The number of nitrogens with two attached hydrogens (primary N) is 1. The van der Waals surface area contributed by atoms with Gasteiger partial charge in [-0.2, -0.15) is 0 Å². The molecule has 0 saturated heterocycles. The minimum absolute atomic E-state index is 0. The van der Waals surface area contributed by atoms with E-state index in [1.54, 1.807) is 0 Å². The van der Waals surface area contributed by atoms with Crippen LogP contribution in [-0.2, 0) is 14.4 Å². The van der Waals surface area contributed by atoms with Gasteiger partial charge >= 0.3 is 41.5 Å².